The van der Waals surface area contributed by atoms with Crippen LogP contribution in [0.4, 0.5) is 0 Å². The third-order valence-corrected chi connectivity index (χ3v) is 4.77. The fourth-order valence-corrected chi connectivity index (χ4v) is 2.77. The molecule has 0 radical (unpaired) electrons. The Labute approximate surface area is 172 Å². The summed E-state index contributed by atoms with van der Waals surface area (Å²) in [6, 6.07) is -0.767. The van der Waals surface area contributed by atoms with Crippen LogP contribution in [0.15, 0.2) is 24.3 Å². The number of ether oxygens (including phenoxy) is 4. The van der Waals surface area contributed by atoms with Gasteiger partial charge < -0.3 is 24.3 Å². The SMILES string of the molecule is CO[C@@H]1COC(=O)C/C=C\[C@H](C)[C@H](OC)COC(=O)[C@H](C)NC(=O)C/C=C\[C@H]1C. The van der Waals surface area contributed by atoms with Crippen LogP contribution in [-0.4, -0.2) is 63.5 Å². The van der Waals surface area contributed by atoms with Crippen molar-refractivity contribution in [3.8, 4) is 0 Å². The lowest BCUT2D eigenvalue weighted by molar-refractivity contribution is -0.151. The summed E-state index contributed by atoms with van der Waals surface area (Å²) in [5.41, 5.74) is 0. The molecule has 1 amide bonds. The molecule has 0 bridgehead atoms. The average molecular weight is 411 g/mol. The zero-order chi connectivity index (χ0) is 21.8. The Morgan fingerprint density at radius 1 is 0.862 bits per heavy atom. The van der Waals surface area contributed by atoms with Crippen LogP contribution in [-0.2, 0) is 33.3 Å². The van der Waals surface area contributed by atoms with Crippen LogP contribution in [0.1, 0.15) is 33.6 Å². The molecule has 0 saturated carbocycles. The molecule has 5 atom stereocenters. The third-order valence-electron chi connectivity index (χ3n) is 4.77. The monoisotopic (exact) mass is 411 g/mol. The van der Waals surface area contributed by atoms with Crippen molar-refractivity contribution in [3.63, 3.8) is 0 Å². The number of cyclic esters (lactones) is 2. The van der Waals surface area contributed by atoms with E-state index in [9.17, 15) is 14.4 Å². The molecular weight excluding hydrogens is 378 g/mol. The molecular formula is C21H33NO7. The maximum Gasteiger partial charge on any atom is 0.328 e. The Bertz CT molecular complexity index is 602. The van der Waals surface area contributed by atoms with E-state index >= 15 is 0 Å². The summed E-state index contributed by atoms with van der Waals surface area (Å²) in [6.45, 7) is 5.54. The molecule has 164 valence electrons. The zero-order valence-electron chi connectivity index (χ0n) is 17.9. The molecule has 1 heterocycles. The number of hydrogen-bond acceptors (Lipinski definition) is 7. The molecule has 1 aliphatic heterocycles. The third kappa shape index (κ3) is 9.23. The van der Waals surface area contributed by atoms with E-state index in [1.807, 2.05) is 26.0 Å². The summed E-state index contributed by atoms with van der Waals surface area (Å²) in [5.74, 6) is -1.35. The highest BCUT2D eigenvalue weighted by atomic mass is 16.6. The number of nitrogens with one attached hydrogen (secondary N) is 1. The molecule has 8 heteroatoms. The van der Waals surface area contributed by atoms with Crippen molar-refractivity contribution in [1.29, 1.82) is 0 Å². The summed E-state index contributed by atoms with van der Waals surface area (Å²) in [7, 11) is 3.07. The molecule has 0 spiro atoms. The van der Waals surface area contributed by atoms with Gasteiger partial charge in [-0.1, -0.05) is 38.2 Å². The van der Waals surface area contributed by atoms with Gasteiger partial charge in [0.1, 0.15) is 19.3 Å². The van der Waals surface area contributed by atoms with Crippen molar-refractivity contribution < 1.29 is 33.3 Å². The first-order chi connectivity index (χ1) is 13.8. The van der Waals surface area contributed by atoms with Crippen LogP contribution in [0.25, 0.3) is 0 Å². The number of amides is 1. The molecule has 1 rings (SSSR count). The van der Waals surface area contributed by atoms with E-state index in [0.717, 1.165) is 0 Å². The minimum Gasteiger partial charge on any atom is -0.463 e. The molecule has 0 saturated heterocycles. The zero-order valence-corrected chi connectivity index (χ0v) is 17.9. The van der Waals surface area contributed by atoms with Crippen LogP contribution < -0.4 is 5.32 Å². The van der Waals surface area contributed by atoms with Gasteiger partial charge in [0, 0.05) is 32.5 Å². The van der Waals surface area contributed by atoms with Crippen molar-refractivity contribution in [2.24, 2.45) is 11.8 Å². The maximum atomic E-state index is 12.1. The van der Waals surface area contributed by atoms with E-state index in [0.29, 0.717) is 0 Å². The molecule has 1 N–H and O–H groups in total. The summed E-state index contributed by atoms with van der Waals surface area (Å²) in [5, 5.41) is 2.61. The Balaban J connectivity index is 2.90. The molecule has 0 aromatic heterocycles. The largest absolute Gasteiger partial charge is 0.463 e. The van der Waals surface area contributed by atoms with Gasteiger partial charge in [-0.2, -0.15) is 0 Å². The van der Waals surface area contributed by atoms with Gasteiger partial charge in [0.05, 0.1) is 18.6 Å². The first-order valence-corrected chi connectivity index (χ1v) is 9.79. The van der Waals surface area contributed by atoms with Crippen LogP contribution in [0.3, 0.4) is 0 Å². The highest BCUT2D eigenvalue weighted by Gasteiger charge is 2.22. The normalized spacial score (nSPS) is 33.3. The Kier molecular flexibility index (Phi) is 11.2. The topological polar surface area (TPSA) is 100 Å². The van der Waals surface area contributed by atoms with Crippen molar-refractivity contribution in [2.45, 2.75) is 51.9 Å². The number of rotatable bonds is 2. The molecule has 29 heavy (non-hydrogen) atoms. The number of hydrogen-bond donors (Lipinski definition) is 1. The van der Waals surface area contributed by atoms with Crippen LogP contribution in [0.2, 0.25) is 0 Å². The number of carbonyl (C=O) groups excluding carboxylic acids is 3. The van der Waals surface area contributed by atoms with E-state index in [1.54, 1.807) is 26.2 Å². The quantitative estimate of drug-likeness (QED) is 0.546. The van der Waals surface area contributed by atoms with Gasteiger partial charge in [0.15, 0.2) is 0 Å². The van der Waals surface area contributed by atoms with Crippen molar-refractivity contribution in [3.05, 3.63) is 24.3 Å². The Morgan fingerprint density at radius 2 is 1.38 bits per heavy atom. The predicted molar refractivity (Wildman–Crippen MR) is 107 cm³/mol. The van der Waals surface area contributed by atoms with Gasteiger partial charge in [-0.05, 0) is 6.92 Å². The Morgan fingerprint density at radius 3 is 1.93 bits per heavy atom. The lowest BCUT2D eigenvalue weighted by Gasteiger charge is -2.21. The van der Waals surface area contributed by atoms with E-state index in [4.69, 9.17) is 18.9 Å². The van der Waals surface area contributed by atoms with Gasteiger partial charge in [-0.15, -0.1) is 0 Å². The highest BCUT2D eigenvalue weighted by Crippen LogP contribution is 2.12. The summed E-state index contributed by atoms with van der Waals surface area (Å²) < 4.78 is 21.3. The van der Waals surface area contributed by atoms with Crippen molar-refractivity contribution in [2.75, 3.05) is 27.4 Å². The van der Waals surface area contributed by atoms with E-state index in [1.165, 1.54) is 7.11 Å². The van der Waals surface area contributed by atoms with Crippen LogP contribution in [0, 0.1) is 11.8 Å². The minimum atomic E-state index is -0.767. The van der Waals surface area contributed by atoms with E-state index in [-0.39, 0.29) is 62.0 Å². The predicted octanol–water partition coefficient (Wildman–Crippen LogP) is 1.79. The van der Waals surface area contributed by atoms with Gasteiger partial charge >= 0.3 is 11.9 Å². The fourth-order valence-electron chi connectivity index (χ4n) is 2.77. The second-order valence-electron chi connectivity index (χ2n) is 7.13. The molecule has 0 unspecified atom stereocenters. The van der Waals surface area contributed by atoms with Crippen molar-refractivity contribution in [1.82, 2.24) is 5.32 Å². The first kappa shape index (κ1) is 24.8. The van der Waals surface area contributed by atoms with Crippen LogP contribution in [0.5, 0.6) is 0 Å². The van der Waals surface area contributed by atoms with Gasteiger partial charge in [-0.3, -0.25) is 9.59 Å². The van der Waals surface area contributed by atoms with E-state index < -0.39 is 12.0 Å². The second-order valence-corrected chi connectivity index (χ2v) is 7.13. The summed E-state index contributed by atoms with van der Waals surface area (Å²) in [4.78, 5) is 36.2. The first-order valence-electron chi connectivity index (χ1n) is 9.79. The highest BCUT2D eigenvalue weighted by molar-refractivity contribution is 5.84. The minimum absolute atomic E-state index is 0.0401. The lowest BCUT2D eigenvalue weighted by Crippen LogP contribution is -2.40. The molecule has 0 aliphatic carbocycles. The number of esters is 2. The Hall–Kier alpha value is -2.19. The maximum absolute atomic E-state index is 12.1. The molecule has 1 aliphatic rings. The number of carbonyl (C=O) groups is 3. The fraction of sp³-hybridized carbons (Fsp3) is 0.667. The smallest absolute Gasteiger partial charge is 0.328 e. The van der Waals surface area contributed by atoms with Crippen LogP contribution >= 0.6 is 0 Å². The molecule has 0 fully saturated rings. The molecule has 8 nitrogen and oxygen atoms in total. The molecule has 0 aromatic carbocycles. The second kappa shape index (κ2) is 13.1. The van der Waals surface area contributed by atoms with E-state index in [2.05, 4.69) is 5.32 Å². The number of methoxy groups -OCH3 is 2. The standard InChI is InChI=1S/C21H33NO7/c1-14-8-6-10-19(23)22-16(3)21(25)29-13-18(27-5)15(2)9-7-11-20(24)28-12-17(14)26-4/h6-9,14-18H,10-13H2,1-5H3,(H,22,23)/b8-6-,9-7-/t14-,15+,16+,17-,18-/m1/s1. The molecule has 0 aromatic rings. The lowest BCUT2D eigenvalue weighted by atomic mass is 10.0. The summed E-state index contributed by atoms with van der Waals surface area (Å²) in [6.07, 6.45) is 6.59. The van der Waals surface area contributed by atoms with Gasteiger partial charge in [0.2, 0.25) is 5.91 Å². The van der Waals surface area contributed by atoms with Gasteiger partial charge in [-0.25, -0.2) is 4.79 Å². The van der Waals surface area contributed by atoms with Gasteiger partial charge in [0.25, 0.3) is 0 Å². The average Bonchev–Trinajstić information content (AvgIpc) is 2.67. The van der Waals surface area contributed by atoms with Crippen molar-refractivity contribution >= 4 is 17.8 Å². The summed E-state index contributed by atoms with van der Waals surface area (Å²) >= 11 is 0.